The van der Waals surface area contributed by atoms with Crippen LogP contribution in [0, 0.1) is 16.0 Å². The second-order valence-electron chi connectivity index (χ2n) is 4.82. The smallest absolute Gasteiger partial charge is 0.296 e. The summed E-state index contributed by atoms with van der Waals surface area (Å²) in [4.78, 5) is 12.7. The maximum absolute atomic E-state index is 11.2. The summed E-state index contributed by atoms with van der Waals surface area (Å²) in [7, 11) is 1.48. The molecule has 1 aliphatic rings. The summed E-state index contributed by atoms with van der Waals surface area (Å²) in [6, 6.07) is 4.76. The summed E-state index contributed by atoms with van der Waals surface area (Å²) in [6.45, 7) is 2.78. The first-order chi connectivity index (χ1) is 9.08. The third-order valence-electron chi connectivity index (χ3n) is 3.76. The number of hydrogen-bond donors (Lipinski definition) is 1. The van der Waals surface area contributed by atoms with Gasteiger partial charge >= 0.3 is 0 Å². The minimum atomic E-state index is -0.407. The van der Waals surface area contributed by atoms with Gasteiger partial charge in [-0.3, -0.25) is 10.1 Å². The molecule has 0 bridgehead atoms. The van der Waals surface area contributed by atoms with E-state index in [4.69, 9.17) is 4.74 Å². The molecule has 6 nitrogen and oxygen atoms in total. The van der Waals surface area contributed by atoms with Crippen LogP contribution in [-0.4, -0.2) is 36.3 Å². The van der Waals surface area contributed by atoms with Gasteiger partial charge in [0.15, 0.2) is 0 Å². The van der Waals surface area contributed by atoms with Crippen molar-refractivity contribution in [2.24, 2.45) is 5.92 Å². The topological polar surface area (TPSA) is 75.8 Å². The molecule has 2 atom stereocenters. The summed E-state index contributed by atoms with van der Waals surface area (Å²) in [5, 5.41) is 20.6. The van der Waals surface area contributed by atoms with Crippen LogP contribution in [0.3, 0.4) is 0 Å². The Morgan fingerprint density at radius 1 is 1.58 bits per heavy atom. The molecule has 1 N–H and O–H groups in total. The first-order valence-corrected chi connectivity index (χ1v) is 6.28. The molecule has 1 fully saturated rings. The van der Waals surface area contributed by atoms with Crippen LogP contribution >= 0.6 is 0 Å². The van der Waals surface area contributed by atoms with Crippen molar-refractivity contribution in [2.75, 3.05) is 25.2 Å². The largest absolute Gasteiger partial charge is 0.496 e. The normalized spacial score (nSPS) is 22.6. The van der Waals surface area contributed by atoms with Gasteiger partial charge in [-0.1, -0.05) is 6.92 Å². The molecule has 0 radical (unpaired) electrons. The van der Waals surface area contributed by atoms with E-state index in [2.05, 4.69) is 6.92 Å². The lowest BCUT2D eigenvalue weighted by Crippen LogP contribution is -2.35. The van der Waals surface area contributed by atoms with Gasteiger partial charge in [-0.05, 0) is 24.5 Å². The molecule has 1 aromatic carbocycles. The Bertz CT molecular complexity index is 478. The average Bonchev–Trinajstić information content (AvgIpc) is 2.78. The minimum Gasteiger partial charge on any atom is -0.496 e. The number of ether oxygens (including phenoxy) is 1. The van der Waals surface area contributed by atoms with Crippen LogP contribution < -0.4 is 9.64 Å². The van der Waals surface area contributed by atoms with Crippen LogP contribution in [0.25, 0.3) is 0 Å². The van der Waals surface area contributed by atoms with E-state index in [1.807, 2.05) is 4.90 Å². The highest BCUT2D eigenvalue weighted by Crippen LogP contribution is 2.37. The number of nitrogens with zero attached hydrogens (tertiary/aromatic N) is 2. The molecule has 0 spiro atoms. The standard InChI is InChI=1S/C13H18N2O4/c1-9-5-6-14(13(9)8-16)11-4-3-10(19-2)7-12(11)15(17)18/h3-4,7,9,13,16H,5-6,8H2,1-2H3. The van der Waals surface area contributed by atoms with Gasteiger partial charge in [0.05, 0.1) is 30.7 Å². The molecular formula is C13H18N2O4. The zero-order valence-electron chi connectivity index (χ0n) is 11.1. The lowest BCUT2D eigenvalue weighted by Gasteiger charge is -2.27. The number of nitro benzene ring substituents is 1. The maximum atomic E-state index is 11.2. The van der Waals surface area contributed by atoms with Crippen LogP contribution in [0.5, 0.6) is 5.75 Å². The van der Waals surface area contributed by atoms with Crippen molar-refractivity contribution in [1.82, 2.24) is 0 Å². The first-order valence-electron chi connectivity index (χ1n) is 6.28. The van der Waals surface area contributed by atoms with Crippen molar-refractivity contribution in [3.05, 3.63) is 28.3 Å². The third-order valence-corrected chi connectivity index (χ3v) is 3.76. The van der Waals surface area contributed by atoms with Crippen LogP contribution in [0.15, 0.2) is 18.2 Å². The predicted molar refractivity (Wildman–Crippen MR) is 71.6 cm³/mol. The molecule has 104 valence electrons. The number of methoxy groups -OCH3 is 1. The SMILES string of the molecule is COc1ccc(N2CCC(C)C2CO)c([N+](=O)[O-])c1. The fourth-order valence-electron chi connectivity index (χ4n) is 2.61. The molecule has 1 heterocycles. The second kappa shape index (κ2) is 5.44. The van der Waals surface area contributed by atoms with Crippen LogP contribution in [0.2, 0.25) is 0 Å². The van der Waals surface area contributed by atoms with Crippen molar-refractivity contribution in [1.29, 1.82) is 0 Å². The quantitative estimate of drug-likeness (QED) is 0.664. The number of aliphatic hydroxyl groups is 1. The van der Waals surface area contributed by atoms with Gasteiger partial charge in [-0.25, -0.2) is 0 Å². The number of rotatable bonds is 4. The lowest BCUT2D eigenvalue weighted by molar-refractivity contribution is -0.384. The predicted octanol–water partition coefficient (Wildman–Crippen LogP) is 1.81. The highest BCUT2D eigenvalue weighted by molar-refractivity contribution is 5.66. The number of benzene rings is 1. The van der Waals surface area contributed by atoms with Crippen molar-refractivity contribution >= 4 is 11.4 Å². The molecule has 0 aliphatic carbocycles. The molecule has 1 aromatic rings. The van der Waals surface area contributed by atoms with Gasteiger partial charge in [0.1, 0.15) is 11.4 Å². The highest BCUT2D eigenvalue weighted by Gasteiger charge is 2.34. The molecule has 1 saturated heterocycles. The van der Waals surface area contributed by atoms with E-state index < -0.39 is 4.92 Å². The van der Waals surface area contributed by atoms with E-state index >= 15 is 0 Å². The molecule has 19 heavy (non-hydrogen) atoms. The first kappa shape index (κ1) is 13.6. The Balaban J connectivity index is 2.41. The number of aliphatic hydroxyl groups excluding tert-OH is 1. The lowest BCUT2D eigenvalue weighted by atomic mass is 10.0. The monoisotopic (exact) mass is 266 g/mol. The van der Waals surface area contributed by atoms with Gasteiger partial charge in [-0.15, -0.1) is 0 Å². The Hall–Kier alpha value is -1.82. The maximum Gasteiger partial charge on any atom is 0.296 e. The molecular weight excluding hydrogens is 248 g/mol. The number of hydrogen-bond acceptors (Lipinski definition) is 5. The van der Waals surface area contributed by atoms with Gasteiger partial charge in [-0.2, -0.15) is 0 Å². The number of anilines is 1. The Morgan fingerprint density at radius 2 is 2.32 bits per heavy atom. The summed E-state index contributed by atoms with van der Waals surface area (Å²) < 4.78 is 5.02. The Labute approximate surface area is 111 Å². The fourth-order valence-corrected chi connectivity index (χ4v) is 2.61. The minimum absolute atomic E-state index is 0.00432. The van der Waals surface area contributed by atoms with Crippen LogP contribution in [0.4, 0.5) is 11.4 Å². The van der Waals surface area contributed by atoms with E-state index in [1.165, 1.54) is 13.2 Å². The molecule has 0 aromatic heterocycles. The molecule has 1 aliphatic heterocycles. The van der Waals surface area contributed by atoms with Crippen molar-refractivity contribution in [3.8, 4) is 5.75 Å². The Morgan fingerprint density at radius 3 is 2.89 bits per heavy atom. The highest BCUT2D eigenvalue weighted by atomic mass is 16.6. The number of nitro groups is 1. The summed E-state index contributed by atoms with van der Waals surface area (Å²) in [5.74, 6) is 0.787. The summed E-state index contributed by atoms with van der Waals surface area (Å²) in [6.07, 6.45) is 0.925. The van der Waals surface area contributed by atoms with E-state index in [0.717, 1.165) is 13.0 Å². The van der Waals surface area contributed by atoms with Crippen LogP contribution in [-0.2, 0) is 0 Å². The summed E-state index contributed by atoms with van der Waals surface area (Å²) in [5.41, 5.74) is 0.570. The fraction of sp³-hybridized carbons (Fsp3) is 0.538. The van der Waals surface area contributed by atoms with Gasteiger partial charge in [0.25, 0.3) is 5.69 Å². The van der Waals surface area contributed by atoms with Crippen molar-refractivity contribution < 1.29 is 14.8 Å². The van der Waals surface area contributed by atoms with Gasteiger partial charge in [0.2, 0.25) is 0 Å². The Kier molecular flexibility index (Phi) is 3.90. The second-order valence-corrected chi connectivity index (χ2v) is 4.82. The zero-order valence-corrected chi connectivity index (χ0v) is 11.1. The molecule has 0 amide bonds. The van der Waals surface area contributed by atoms with E-state index in [9.17, 15) is 15.2 Å². The molecule has 2 rings (SSSR count). The molecule has 6 heteroatoms. The average molecular weight is 266 g/mol. The van der Waals surface area contributed by atoms with Crippen LogP contribution in [0.1, 0.15) is 13.3 Å². The van der Waals surface area contributed by atoms with Crippen molar-refractivity contribution in [3.63, 3.8) is 0 Å². The van der Waals surface area contributed by atoms with E-state index in [-0.39, 0.29) is 18.3 Å². The third kappa shape index (κ3) is 2.49. The molecule has 2 unspecified atom stereocenters. The van der Waals surface area contributed by atoms with Gasteiger partial charge in [0, 0.05) is 6.54 Å². The molecule has 0 saturated carbocycles. The zero-order chi connectivity index (χ0) is 14.0. The van der Waals surface area contributed by atoms with E-state index in [1.54, 1.807) is 12.1 Å². The van der Waals surface area contributed by atoms with E-state index in [0.29, 0.717) is 17.4 Å². The summed E-state index contributed by atoms with van der Waals surface area (Å²) >= 11 is 0. The van der Waals surface area contributed by atoms with Gasteiger partial charge < -0.3 is 14.7 Å². The van der Waals surface area contributed by atoms with Crippen molar-refractivity contribution in [2.45, 2.75) is 19.4 Å².